The van der Waals surface area contributed by atoms with E-state index in [1.807, 2.05) is 0 Å². The summed E-state index contributed by atoms with van der Waals surface area (Å²) >= 11 is 0. The molecule has 0 spiro atoms. The second kappa shape index (κ2) is 7.03. The zero-order valence-corrected chi connectivity index (χ0v) is 13.5. The van der Waals surface area contributed by atoms with E-state index < -0.39 is 11.9 Å². The van der Waals surface area contributed by atoms with Gasteiger partial charge in [-0.25, -0.2) is 0 Å². The number of carboxylic acid groups (broad SMARTS) is 1. The maximum atomic E-state index is 12.6. The number of aryl methyl sites for hydroxylation is 1. The van der Waals surface area contributed by atoms with Gasteiger partial charge in [-0.3, -0.25) is 14.4 Å². The zero-order valence-electron chi connectivity index (χ0n) is 13.5. The monoisotopic (exact) mass is 330 g/mol. The highest BCUT2D eigenvalue weighted by molar-refractivity contribution is 5.98. The molecule has 24 heavy (non-hydrogen) atoms. The van der Waals surface area contributed by atoms with Crippen molar-refractivity contribution in [1.82, 2.24) is 5.32 Å². The van der Waals surface area contributed by atoms with E-state index in [0.29, 0.717) is 31.2 Å². The van der Waals surface area contributed by atoms with Gasteiger partial charge >= 0.3 is 5.97 Å². The van der Waals surface area contributed by atoms with E-state index in [1.54, 1.807) is 18.2 Å². The van der Waals surface area contributed by atoms with Gasteiger partial charge in [0.2, 0.25) is 5.91 Å². The highest BCUT2D eigenvalue weighted by Crippen LogP contribution is 2.26. The third-order valence-electron chi connectivity index (χ3n) is 4.91. The summed E-state index contributed by atoms with van der Waals surface area (Å²) in [6.45, 7) is 0. The van der Waals surface area contributed by atoms with Gasteiger partial charge in [0, 0.05) is 23.7 Å². The fourth-order valence-electron chi connectivity index (χ4n) is 3.55. The first-order valence-electron chi connectivity index (χ1n) is 8.51. The normalized spacial score (nSPS) is 23.6. The van der Waals surface area contributed by atoms with Crippen molar-refractivity contribution in [3.63, 3.8) is 0 Å². The number of anilines is 1. The minimum atomic E-state index is -0.838. The minimum Gasteiger partial charge on any atom is -0.481 e. The van der Waals surface area contributed by atoms with Crippen molar-refractivity contribution >= 4 is 23.5 Å². The number of amides is 2. The molecule has 2 atom stereocenters. The number of carbonyl (C=O) groups excluding carboxylic acids is 2. The molecule has 6 heteroatoms. The molecule has 1 aromatic rings. The Kier molecular flexibility index (Phi) is 4.83. The predicted octanol–water partition coefficient (Wildman–Crippen LogP) is 2.33. The molecule has 1 aliphatic carbocycles. The van der Waals surface area contributed by atoms with Crippen molar-refractivity contribution in [2.24, 2.45) is 5.92 Å². The molecule has 1 fully saturated rings. The summed E-state index contributed by atoms with van der Waals surface area (Å²) in [4.78, 5) is 35.4. The van der Waals surface area contributed by atoms with Gasteiger partial charge in [0.15, 0.2) is 0 Å². The Bertz CT molecular complexity index is 671. The molecule has 3 N–H and O–H groups in total. The first-order valence-corrected chi connectivity index (χ1v) is 8.51. The Morgan fingerprint density at radius 2 is 1.92 bits per heavy atom. The molecular weight excluding hydrogens is 308 g/mol. The van der Waals surface area contributed by atoms with Crippen LogP contribution in [0.5, 0.6) is 0 Å². The summed E-state index contributed by atoms with van der Waals surface area (Å²) in [5, 5.41) is 15.1. The minimum absolute atomic E-state index is 0.0116. The fourth-order valence-corrected chi connectivity index (χ4v) is 3.55. The van der Waals surface area contributed by atoms with E-state index in [-0.39, 0.29) is 17.9 Å². The van der Waals surface area contributed by atoms with Crippen molar-refractivity contribution in [3.8, 4) is 0 Å². The molecule has 6 nitrogen and oxygen atoms in total. The molecule has 3 rings (SSSR count). The Balaban J connectivity index is 1.74. The van der Waals surface area contributed by atoms with Crippen molar-refractivity contribution in [1.29, 1.82) is 0 Å². The second-order valence-electron chi connectivity index (χ2n) is 6.58. The summed E-state index contributed by atoms with van der Waals surface area (Å²) in [6.07, 6.45) is 5.17. The Labute approximate surface area is 140 Å². The Hall–Kier alpha value is -2.37. The number of rotatable bonds is 3. The number of carbonyl (C=O) groups is 3. The van der Waals surface area contributed by atoms with Crippen LogP contribution in [0.15, 0.2) is 18.2 Å². The molecule has 0 aromatic heterocycles. The van der Waals surface area contributed by atoms with Gasteiger partial charge in [0.05, 0.1) is 5.92 Å². The number of benzene rings is 1. The molecule has 2 aliphatic rings. The molecule has 1 aliphatic heterocycles. The lowest BCUT2D eigenvalue weighted by Crippen LogP contribution is -2.42. The molecule has 0 radical (unpaired) electrons. The molecule has 0 unspecified atom stereocenters. The third-order valence-corrected chi connectivity index (χ3v) is 4.91. The number of fused-ring (bicyclic) bond motifs is 1. The van der Waals surface area contributed by atoms with E-state index in [2.05, 4.69) is 10.6 Å². The van der Waals surface area contributed by atoms with Gasteiger partial charge in [0.25, 0.3) is 5.91 Å². The lowest BCUT2D eigenvalue weighted by Gasteiger charge is -2.23. The van der Waals surface area contributed by atoms with E-state index in [9.17, 15) is 19.5 Å². The SMILES string of the molecule is O=C1CCc2cc(C(=O)N[C@H]3CCCCC[C@H]3C(=O)O)ccc2N1. The van der Waals surface area contributed by atoms with Gasteiger partial charge in [-0.1, -0.05) is 19.3 Å². The van der Waals surface area contributed by atoms with Crippen LogP contribution in [0.1, 0.15) is 54.4 Å². The molecule has 1 aromatic carbocycles. The van der Waals surface area contributed by atoms with Gasteiger partial charge < -0.3 is 15.7 Å². The average Bonchev–Trinajstić information content (AvgIpc) is 2.79. The number of aliphatic carboxylic acids is 1. The van der Waals surface area contributed by atoms with Crippen LogP contribution in [-0.4, -0.2) is 28.9 Å². The van der Waals surface area contributed by atoms with Crippen LogP contribution in [-0.2, 0) is 16.0 Å². The van der Waals surface area contributed by atoms with Crippen molar-refractivity contribution < 1.29 is 19.5 Å². The molecular formula is C18H22N2O4. The number of hydrogen-bond acceptors (Lipinski definition) is 3. The number of nitrogens with one attached hydrogen (secondary N) is 2. The topological polar surface area (TPSA) is 95.5 Å². The summed E-state index contributed by atoms with van der Waals surface area (Å²) in [7, 11) is 0. The van der Waals surface area contributed by atoms with Crippen LogP contribution in [0, 0.1) is 5.92 Å². The average molecular weight is 330 g/mol. The van der Waals surface area contributed by atoms with Crippen LogP contribution in [0.4, 0.5) is 5.69 Å². The molecule has 0 saturated heterocycles. The van der Waals surface area contributed by atoms with Crippen LogP contribution < -0.4 is 10.6 Å². The smallest absolute Gasteiger partial charge is 0.308 e. The molecule has 2 amide bonds. The van der Waals surface area contributed by atoms with Crippen LogP contribution in [0.2, 0.25) is 0 Å². The lowest BCUT2D eigenvalue weighted by molar-refractivity contribution is -0.142. The van der Waals surface area contributed by atoms with Crippen LogP contribution in [0.3, 0.4) is 0 Å². The van der Waals surface area contributed by atoms with E-state index in [1.165, 1.54) is 0 Å². The molecule has 1 heterocycles. The van der Waals surface area contributed by atoms with Crippen molar-refractivity contribution in [2.45, 2.75) is 51.0 Å². The molecule has 128 valence electrons. The summed E-state index contributed by atoms with van der Waals surface area (Å²) in [5.41, 5.74) is 2.21. The molecule has 0 bridgehead atoms. The maximum Gasteiger partial charge on any atom is 0.308 e. The third kappa shape index (κ3) is 3.58. The largest absolute Gasteiger partial charge is 0.481 e. The highest BCUT2D eigenvalue weighted by atomic mass is 16.4. The lowest BCUT2D eigenvalue weighted by atomic mass is 9.94. The predicted molar refractivity (Wildman–Crippen MR) is 88.9 cm³/mol. The van der Waals surface area contributed by atoms with E-state index in [0.717, 1.165) is 30.5 Å². The van der Waals surface area contributed by atoms with E-state index >= 15 is 0 Å². The fraction of sp³-hybridized carbons (Fsp3) is 0.500. The first kappa shape index (κ1) is 16.5. The van der Waals surface area contributed by atoms with Gasteiger partial charge in [-0.2, -0.15) is 0 Å². The number of carboxylic acids is 1. The first-order chi connectivity index (χ1) is 11.5. The Morgan fingerprint density at radius 3 is 2.71 bits per heavy atom. The van der Waals surface area contributed by atoms with Crippen LogP contribution >= 0.6 is 0 Å². The zero-order chi connectivity index (χ0) is 17.1. The second-order valence-corrected chi connectivity index (χ2v) is 6.58. The van der Waals surface area contributed by atoms with Gasteiger partial charge in [-0.05, 0) is 43.0 Å². The molecule has 1 saturated carbocycles. The van der Waals surface area contributed by atoms with Gasteiger partial charge in [-0.15, -0.1) is 0 Å². The van der Waals surface area contributed by atoms with Crippen molar-refractivity contribution in [3.05, 3.63) is 29.3 Å². The highest BCUT2D eigenvalue weighted by Gasteiger charge is 2.31. The van der Waals surface area contributed by atoms with Crippen molar-refractivity contribution in [2.75, 3.05) is 5.32 Å². The van der Waals surface area contributed by atoms with Crippen LogP contribution in [0.25, 0.3) is 0 Å². The standard InChI is InChI=1S/C18H22N2O4/c21-16-9-7-11-10-12(6-8-14(11)19-16)17(22)20-15-5-3-1-2-4-13(15)18(23)24/h6,8,10,13,15H,1-5,7,9H2,(H,19,21)(H,20,22)(H,23,24)/t13-,15+/m1/s1. The Morgan fingerprint density at radius 1 is 1.12 bits per heavy atom. The maximum absolute atomic E-state index is 12.6. The summed E-state index contributed by atoms with van der Waals surface area (Å²) < 4.78 is 0. The summed E-state index contributed by atoms with van der Waals surface area (Å²) in [6, 6.07) is 4.87. The summed E-state index contributed by atoms with van der Waals surface area (Å²) in [5.74, 6) is -1.61. The van der Waals surface area contributed by atoms with Gasteiger partial charge in [0.1, 0.15) is 0 Å². The van der Waals surface area contributed by atoms with E-state index in [4.69, 9.17) is 0 Å². The quantitative estimate of drug-likeness (QED) is 0.741. The number of hydrogen-bond donors (Lipinski definition) is 3.